The standard InChI is InChI=1S/C21H29NO2/c1-3-4-5-16-6-8-17(9-7-16)21(24)22-13-12-19-14-18(15(2)23)10-11-20(19)22/h10-11,14,16-17H,3-9,12-13H2,1-2H3. The largest absolute Gasteiger partial charge is 0.312 e. The van der Waals surface area contributed by atoms with Gasteiger partial charge in [-0.2, -0.15) is 0 Å². The molecule has 130 valence electrons. The van der Waals surface area contributed by atoms with Gasteiger partial charge in [0.05, 0.1) is 0 Å². The molecule has 0 unspecified atom stereocenters. The van der Waals surface area contributed by atoms with Crippen LogP contribution in [0.1, 0.15) is 74.7 Å². The van der Waals surface area contributed by atoms with Crippen LogP contribution in [0.4, 0.5) is 5.69 Å². The highest BCUT2D eigenvalue weighted by Gasteiger charge is 2.32. The zero-order valence-electron chi connectivity index (χ0n) is 15.0. The van der Waals surface area contributed by atoms with Crippen molar-refractivity contribution in [3.63, 3.8) is 0 Å². The number of hydrogen-bond donors (Lipinski definition) is 0. The molecule has 1 fully saturated rings. The molecule has 1 aliphatic carbocycles. The molecule has 0 radical (unpaired) electrons. The normalized spacial score (nSPS) is 23.2. The summed E-state index contributed by atoms with van der Waals surface area (Å²) < 4.78 is 0. The van der Waals surface area contributed by atoms with Crippen molar-refractivity contribution >= 4 is 17.4 Å². The number of ketones is 1. The summed E-state index contributed by atoms with van der Waals surface area (Å²) in [5.74, 6) is 1.42. The number of anilines is 1. The molecule has 3 heteroatoms. The van der Waals surface area contributed by atoms with E-state index in [9.17, 15) is 9.59 Å². The van der Waals surface area contributed by atoms with E-state index in [4.69, 9.17) is 0 Å². The Morgan fingerprint density at radius 1 is 1.17 bits per heavy atom. The molecule has 0 saturated heterocycles. The second kappa shape index (κ2) is 7.50. The first-order valence-electron chi connectivity index (χ1n) is 9.55. The maximum atomic E-state index is 13.0. The number of amides is 1. The number of nitrogens with zero attached hydrogens (tertiary/aromatic N) is 1. The molecule has 3 nitrogen and oxygen atoms in total. The Hall–Kier alpha value is -1.64. The molecule has 0 spiro atoms. The van der Waals surface area contributed by atoms with Crippen molar-refractivity contribution in [2.24, 2.45) is 11.8 Å². The highest BCUT2D eigenvalue weighted by atomic mass is 16.2. The lowest BCUT2D eigenvalue weighted by Gasteiger charge is -2.30. The van der Waals surface area contributed by atoms with Gasteiger partial charge in [-0.1, -0.05) is 26.2 Å². The van der Waals surface area contributed by atoms with E-state index in [1.165, 1.54) is 32.1 Å². The molecule has 1 aromatic carbocycles. The zero-order valence-corrected chi connectivity index (χ0v) is 15.0. The summed E-state index contributed by atoms with van der Waals surface area (Å²) >= 11 is 0. The number of Topliss-reactive ketones (excluding diaryl/α,β-unsaturated/α-hetero) is 1. The second-order valence-corrected chi connectivity index (χ2v) is 7.50. The molecule has 0 N–H and O–H groups in total. The average Bonchev–Trinajstić information content (AvgIpc) is 3.02. The van der Waals surface area contributed by atoms with Crippen LogP contribution in [0.2, 0.25) is 0 Å². The van der Waals surface area contributed by atoms with Gasteiger partial charge in [0.2, 0.25) is 5.91 Å². The van der Waals surface area contributed by atoms with Gasteiger partial charge in [-0.15, -0.1) is 0 Å². The zero-order chi connectivity index (χ0) is 17.1. The fourth-order valence-electron chi connectivity index (χ4n) is 4.26. The lowest BCUT2D eigenvalue weighted by Crippen LogP contribution is -2.36. The van der Waals surface area contributed by atoms with E-state index in [0.717, 1.165) is 48.5 Å². The summed E-state index contributed by atoms with van der Waals surface area (Å²) in [6.07, 6.45) is 9.30. The summed E-state index contributed by atoms with van der Waals surface area (Å²) in [5, 5.41) is 0. The van der Waals surface area contributed by atoms with Gasteiger partial charge < -0.3 is 4.90 Å². The Labute approximate surface area is 145 Å². The average molecular weight is 327 g/mol. The van der Waals surface area contributed by atoms with Gasteiger partial charge >= 0.3 is 0 Å². The van der Waals surface area contributed by atoms with Crippen LogP contribution in [0.25, 0.3) is 0 Å². The van der Waals surface area contributed by atoms with Crippen LogP contribution >= 0.6 is 0 Å². The third kappa shape index (κ3) is 3.55. The molecule has 1 amide bonds. The predicted octanol–water partition coefficient (Wildman–Crippen LogP) is 4.77. The summed E-state index contributed by atoms with van der Waals surface area (Å²) in [5.41, 5.74) is 2.92. The van der Waals surface area contributed by atoms with Crippen LogP contribution in [-0.2, 0) is 11.2 Å². The van der Waals surface area contributed by atoms with Crippen molar-refractivity contribution < 1.29 is 9.59 Å². The van der Waals surface area contributed by atoms with E-state index in [1.54, 1.807) is 6.92 Å². The second-order valence-electron chi connectivity index (χ2n) is 7.50. The van der Waals surface area contributed by atoms with Crippen LogP contribution in [-0.4, -0.2) is 18.2 Å². The quantitative estimate of drug-likeness (QED) is 0.730. The smallest absolute Gasteiger partial charge is 0.230 e. The highest BCUT2D eigenvalue weighted by molar-refractivity contribution is 5.99. The number of benzene rings is 1. The Morgan fingerprint density at radius 2 is 1.92 bits per heavy atom. The molecular formula is C21H29NO2. The number of carbonyl (C=O) groups is 2. The van der Waals surface area contributed by atoms with Crippen LogP contribution in [0.15, 0.2) is 18.2 Å². The SMILES string of the molecule is CCCCC1CCC(C(=O)N2CCc3cc(C(C)=O)ccc32)CC1. The molecule has 1 aliphatic heterocycles. The Kier molecular flexibility index (Phi) is 5.37. The van der Waals surface area contributed by atoms with Gasteiger partial charge in [0.1, 0.15) is 0 Å². The van der Waals surface area contributed by atoms with Gasteiger partial charge in [-0.05, 0) is 68.7 Å². The van der Waals surface area contributed by atoms with Gasteiger partial charge in [-0.3, -0.25) is 9.59 Å². The Balaban J connectivity index is 1.63. The molecule has 0 bridgehead atoms. The molecule has 24 heavy (non-hydrogen) atoms. The van der Waals surface area contributed by atoms with Crippen molar-refractivity contribution in [1.29, 1.82) is 0 Å². The molecule has 1 heterocycles. The summed E-state index contributed by atoms with van der Waals surface area (Å²) in [7, 11) is 0. The van der Waals surface area contributed by atoms with Gasteiger partial charge in [-0.25, -0.2) is 0 Å². The first-order chi connectivity index (χ1) is 11.6. The fourth-order valence-corrected chi connectivity index (χ4v) is 4.26. The van der Waals surface area contributed by atoms with Crippen LogP contribution < -0.4 is 4.90 Å². The van der Waals surface area contributed by atoms with Gasteiger partial charge in [0, 0.05) is 23.7 Å². The minimum absolute atomic E-state index is 0.0907. The summed E-state index contributed by atoms with van der Waals surface area (Å²) in [6, 6.07) is 5.78. The number of rotatable bonds is 5. The van der Waals surface area contributed by atoms with Crippen molar-refractivity contribution in [3.05, 3.63) is 29.3 Å². The van der Waals surface area contributed by atoms with E-state index < -0.39 is 0 Å². The van der Waals surface area contributed by atoms with E-state index >= 15 is 0 Å². The maximum absolute atomic E-state index is 13.0. The molecule has 1 aromatic rings. The molecule has 0 atom stereocenters. The monoisotopic (exact) mass is 327 g/mol. The molecule has 1 saturated carbocycles. The minimum atomic E-state index is 0.0907. The van der Waals surface area contributed by atoms with Crippen LogP contribution in [0.3, 0.4) is 0 Å². The first kappa shape index (κ1) is 17.2. The first-order valence-corrected chi connectivity index (χ1v) is 9.55. The molecule has 3 rings (SSSR count). The van der Waals surface area contributed by atoms with E-state index in [0.29, 0.717) is 5.91 Å². The Morgan fingerprint density at radius 3 is 2.58 bits per heavy atom. The van der Waals surface area contributed by atoms with E-state index in [1.807, 2.05) is 23.1 Å². The number of hydrogen-bond acceptors (Lipinski definition) is 2. The third-order valence-corrected chi connectivity index (χ3v) is 5.81. The minimum Gasteiger partial charge on any atom is -0.312 e. The molecular weight excluding hydrogens is 298 g/mol. The summed E-state index contributed by atoms with van der Waals surface area (Å²) in [6.45, 7) is 4.61. The third-order valence-electron chi connectivity index (χ3n) is 5.81. The Bertz CT molecular complexity index is 614. The number of unbranched alkanes of at least 4 members (excludes halogenated alkanes) is 1. The van der Waals surface area contributed by atoms with Gasteiger partial charge in [0.15, 0.2) is 5.78 Å². The van der Waals surface area contributed by atoms with Gasteiger partial charge in [0.25, 0.3) is 0 Å². The number of carbonyl (C=O) groups excluding carboxylic acids is 2. The molecule has 0 aromatic heterocycles. The van der Waals surface area contributed by atoms with Crippen molar-refractivity contribution in [2.45, 2.75) is 65.2 Å². The lowest BCUT2D eigenvalue weighted by molar-refractivity contribution is -0.123. The highest BCUT2D eigenvalue weighted by Crippen LogP contribution is 2.36. The van der Waals surface area contributed by atoms with Crippen molar-refractivity contribution in [3.8, 4) is 0 Å². The topological polar surface area (TPSA) is 37.4 Å². The molecule has 2 aliphatic rings. The number of fused-ring (bicyclic) bond motifs is 1. The van der Waals surface area contributed by atoms with Crippen molar-refractivity contribution in [2.75, 3.05) is 11.4 Å². The van der Waals surface area contributed by atoms with Crippen LogP contribution in [0.5, 0.6) is 0 Å². The van der Waals surface area contributed by atoms with Crippen molar-refractivity contribution in [1.82, 2.24) is 0 Å². The van der Waals surface area contributed by atoms with E-state index in [-0.39, 0.29) is 11.7 Å². The maximum Gasteiger partial charge on any atom is 0.230 e. The van der Waals surface area contributed by atoms with E-state index in [2.05, 4.69) is 6.92 Å². The fraction of sp³-hybridized carbons (Fsp3) is 0.619. The summed E-state index contributed by atoms with van der Waals surface area (Å²) in [4.78, 5) is 26.5. The lowest BCUT2D eigenvalue weighted by atomic mass is 9.79. The van der Waals surface area contributed by atoms with Crippen LogP contribution in [0, 0.1) is 11.8 Å². The predicted molar refractivity (Wildman–Crippen MR) is 97.5 cm³/mol.